The Hall–Kier alpha value is -2.89. The van der Waals surface area contributed by atoms with Crippen LogP contribution >= 0.6 is 0 Å². The van der Waals surface area contributed by atoms with Gasteiger partial charge in [-0.2, -0.15) is 5.10 Å². The summed E-state index contributed by atoms with van der Waals surface area (Å²) >= 11 is 0. The van der Waals surface area contributed by atoms with E-state index in [2.05, 4.69) is 36.3 Å². The fourth-order valence-electron chi connectivity index (χ4n) is 3.77. The molecule has 6 heteroatoms. The van der Waals surface area contributed by atoms with Gasteiger partial charge in [-0.15, -0.1) is 0 Å². The third-order valence-corrected chi connectivity index (χ3v) is 5.41. The lowest BCUT2D eigenvalue weighted by molar-refractivity contribution is -0.127. The SMILES string of the molecule is CCOC(=O)c1cc(-c2ccc(CC)cc2)n(C2CCN(C(=O)C=C(C)C)CC2)n1. The number of allylic oxidation sites excluding steroid dienone is 1. The summed E-state index contributed by atoms with van der Waals surface area (Å²) in [6.45, 7) is 9.45. The number of rotatable bonds is 6. The van der Waals surface area contributed by atoms with Gasteiger partial charge in [0.1, 0.15) is 0 Å². The molecule has 1 aliphatic heterocycles. The van der Waals surface area contributed by atoms with Crippen LogP contribution in [0.4, 0.5) is 0 Å². The first-order valence-corrected chi connectivity index (χ1v) is 10.7. The molecule has 2 aromatic rings. The third kappa shape index (κ3) is 4.99. The Kier molecular flexibility index (Phi) is 7.08. The van der Waals surface area contributed by atoms with Crippen molar-refractivity contribution in [1.29, 1.82) is 0 Å². The fraction of sp³-hybridized carbons (Fsp3) is 0.458. The van der Waals surface area contributed by atoms with Crippen molar-refractivity contribution in [3.63, 3.8) is 0 Å². The number of benzene rings is 1. The molecule has 1 amide bonds. The van der Waals surface area contributed by atoms with E-state index in [1.807, 2.05) is 29.5 Å². The lowest BCUT2D eigenvalue weighted by Crippen LogP contribution is -2.38. The summed E-state index contributed by atoms with van der Waals surface area (Å²) < 4.78 is 7.12. The van der Waals surface area contributed by atoms with Crippen LogP contribution in [0.2, 0.25) is 0 Å². The van der Waals surface area contributed by atoms with Crippen molar-refractivity contribution in [1.82, 2.24) is 14.7 Å². The molecule has 6 nitrogen and oxygen atoms in total. The van der Waals surface area contributed by atoms with Gasteiger partial charge in [-0.05, 0) is 57.2 Å². The first-order valence-electron chi connectivity index (χ1n) is 10.7. The molecule has 0 radical (unpaired) electrons. The van der Waals surface area contributed by atoms with E-state index < -0.39 is 5.97 Å². The summed E-state index contributed by atoms with van der Waals surface area (Å²) in [5.41, 5.74) is 4.54. The van der Waals surface area contributed by atoms with E-state index in [4.69, 9.17) is 4.74 Å². The maximum Gasteiger partial charge on any atom is 0.358 e. The highest BCUT2D eigenvalue weighted by atomic mass is 16.5. The first kappa shape index (κ1) is 21.8. The molecule has 2 heterocycles. The van der Waals surface area contributed by atoms with E-state index in [-0.39, 0.29) is 11.9 Å². The van der Waals surface area contributed by atoms with Crippen LogP contribution in [-0.4, -0.2) is 46.3 Å². The van der Waals surface area contributed by atoms with Crippen LogP contribution in [0.1, 0.15) is 62.6 Å². The second kappa shape index (κ2) is 9.74. The zero-order chi connectivity index (χ0) is 21.7. The molecule has 1 aromatic heterocycles. The van der Waals surface area contributed by atoms with Crippen molar-refractivity contribution in [2.24, 2.45) is 0 Å². The number of aromatic nitrogens is 2. The highest BCUT2D eigenvalue weighted by molar-refractivity contribution is 5.89. The molecule has 0 aliphatic carbocycles. The molecule has 1 fully saturated rings. The van der Waals surface area contributed by atoms with Gasteiger partial charge in [0.2, 0.25) is 5.91 Å². The van der Waals surface area contributed by atoms with E-state index in [1.165, 1.54) is 5.56 Å². The van der Waals surface area contributed by atoms with E-state index in [1.54, 1.807) is 13.0 Å². The van der Waals surface area contributed by atoms with E-state index in [0.717, 1.165) is 36.1 Å². The predicted octanol–water partition coefficient (Wildman–Crippen LogP) is 4.42. The van der Waals surface area contributed by atoms with Crippen molar-refractivity contribution in [3.05, 3.63) is 53.2 Å². The van der Waals surface area contributed by atoms with Crippen molar-refractivity contribution in [2.75, 3.05) is 19.7 Å². The molecule has 1 aliphatic rings. The van der Waals surface area contributed by atoms with Crippen LogP contribution in [0.5, 0.6) is 0 Å². The number of ether oxygens (including phenoxy) is 1. The Morgan fingerprint density at radius 2 is 1.80 bits per heavy atom. The Morgan fingerprint density at radius 1 is 1.13 bits per heavy atom. The van der Waals surface area contributed by atoms with Gasteiger partial charge in [0, 0.05) is 19.2 Å². The number of piperidine rings is 1. The van der Waals surface area contributed by atoms with Gasteiger partial charge in [-0.3, -0.25) is 9.48 Å². The molecule has 0 bridgehead atoms. The minimum Gasteiger partial charge on any atom is -0.461 e. The van der Waals surface area contributed by atoms with Gasteiger partial charge < -0.3 is 9.64 Å². The second-order valence-electron chi connectivity index (χ2n) is 7.91. The maximum atomic E-state index is 12.3. The number of hydrogen-bond donors (Lipinski definition) is 0. The average molecular weight is 410 g/mol. The summed E-state index contributed by atoms with van der Waals surface area (Å²) in [6, 6.07) is 10.3. The molecule has 160 valence electrons. The zero-order valence-corrected chi connectivity index (χ0v) is 18.4. The van der Waals surface area contributed by atoms with E-state index in [0.29, 0.717) is 25.4 Å². The highest BCUT2D eigenvalue weighted by Crippen LogP contribution is 2.30. The summed E-state index contributed by atoms with van der Waals surface area (Å²) in [5.74, 6) is -0.338. The number of carbonyl (C=O) groups excluding carboxylic acids is 2. The van der Waals surface area contributed by atoms with E-state index in [9.17, 15) is 9.59 Å². The first-order chi connectivity index (χ1) is 14.4. The Labute approximate surface area is 178 Å². The number of aryl methyl sites for hydroxylation is 1. The smallest absolute Gasteiger partial charge is 0.358 e. The predicted molar refractivity (Wildman–Crippen MR) is 117 cm³/mol. The third-order valence-electron chi connectivity index (χ3n) is 5.41. The van der Waals surface area contributed by atoms with Gasteiger partial charge >= 0.3 is 5.97 Å². The number of esters is 1. The number of hydrogen-bond acceptors (Lipinski definition) is 4. The van der Waals surface area contributed by atoms with Crippen LogP contribution < -0.4 is 0 Å². The molecular formula is C24H31N3O3. The molecule has 0 unspecified atom stereocenters. The standard InChI is InChI=1S/C24H31N3O3/c1-5-18-7-9-19(10-8-18)22-16-21(24(29)30-6-2)25-27(22)20-11-13-26(14-12-20)23(28)15-17(3)4/h7-10,15-16,20H,5-6,11-14H2,1-4H3. The molecule has 0 spiro atoms. The normalized spacial score (nSPS) is 14.5. The van der Waals surface area contributed by atoms with Gasteiger partial charge in [0.15, 0.2) is 5.69 Å². The molecule has 0 N–H and O–H groups in total. The van der Waals surface area contributed by atoms with Crippen LogP contribution in [0, 0.1) is 0 Å². The summed E-state index contributed by atoms with van der Waals surface area (Å²) in [4.78, 5) is 26.5. The average Bonchev–Trinajstić information content (AvgIpc) is 3.19. The van der Waals surface area contributed by atoms with E-state index >= 15 is 0 Å². The molecule has 0 saturated carbocycles. The zero-order valence-electron chi connectivity index (χ0n) is 18.4. The fourth-order valence-corrected chi connectivity index (χ4v) is 3.77. The number of likely N-dealkylation sites (tertiary alicyclic amines) is 1. The molecule has 3 rings (SSSR count). The molecule has 30 heavy (non-hydrogen) atoms. The van der Waals surface area contributed by atoms with Crippen molar-refractivity contribution in [3.8, 4) is 11.3 Å². The Bertz CT molecular complexity index is 916. The Balaban J connectivity index is 1.86. The van der Waals surface area contributed by atoms with Crippen molar-refractivity contribution < 1.29 is 14.3 Å². The molecule has 1 saturated heterocycles. The largest absolute Gasteiger partial charge is 0.461 e. The van der Waals surface area contributed by atoms with Gasteiger partial charge in [0.05, 0.1) is 18.3 Å². The molecular weight excluding hydrogens is 378 g/mol. The van der Waals surface area contributed by atoms with Crippen LogP contribution in [0.3, 0.4) is 0 Å². The lowest BCUT2D eigenvalue weighted by atomic mass is 10.0. The van der Waals surface area contributed by atoms with Crippen LogP contribution in [-0.2, 0) is 16.0 Å². The quantitative estimate of drug-likeness (QED) is 0.523. The van der Waals surface area contributed by atoms with Crippen molar-refractivity contribution in [2.45, 2.75) is 53.0 Å². The van der Waals surface area contributed by atoms with Crippen LogP contribution in [0.25, 0.3) is 11.3 Å². The summed E-state index contributed by atoms with van der Waals surface area (Å²) in [7, 11) is 0. The van der Waals surface area contributed by atoms with Gasteiger partial charge in [-0.25, -0.2) is 4.79 Å². The number of carbonyl (C=O) groups is 2. The van der Waals surface area contributed by atoms with Gasteiger partial charge in [-0.1, -0.05) is 36.8 Å². The molecule has 0 atom stereocenters. The van der Waals surface area contributed by atoms with Crippen LogP contribution in [0.15, 0.2) is 42.0 Å². The lowest BCUT2D eigenvalue weighted by Gasteiger charge is -2.32. The summed E-state index contributed by atoms with van der Waals surface area (Å²) in [6.07, 6.45) is 4.26. The number of amides is 1. The minimum atomic E-state index is -0.404. The molecule has 1 aromatic carbocycles. The monoisotopic (exact) mass is 409 g/mol. The maximum absolute atomic E-state index is 12.3. The summed E-state index contributed by atoms with van der Waals surface area (Å²) in [5, 5.41) is 4.62. The Morgan fingerprint density at radius 3 is 2.37 bits per heavy atom. The number of nitrogens with zero attached hydrogens (tertiary/aromatic N) is 3. The second-order valence-corrected chi connectivity index (χ2v) is 7.91. The highest BCUT2D eigenvalue weighted by Gasteiger charge is 2.27. The minimum absolute atomic E-state index is 0.0662. The topological polar surface area (TPSA) is 64.4 Å². The van der Waals surface area contributed by atoms with Gasteiger partial charge in [0.25, 0.3) is 0 Å². The van der Waals surface area contributed by atoms with Crippen molar-refractivity contribution >= 4 is 11.9 Å².